The number of aromatic nitrogens is 2. The number of fused-ring (bicyclic) bond motifs is 1. The van der Waals surface area contributed by atoms with E-state index in [0.717, 1.165) is 53.9 Å². The predicted molar refractivity (Wildman–Crippen MR) is 105 cm³/mol. The molecular weight excluding hydrogens is 322 g/mol. The van der Waals surface area contributed by atoms with Crippen molar-refractivity contribution >= 4 is 11.0 Å². The van der Waals surface area contributed by atoms with Crippen molar-refractivity contribution in [3.05, 3.63) is 65.0 Å². The summed E-state index contributed by atoms with van der Waals surface area (Å²) in [5.74, 6) is 1.49. The molecule has 4 nitrogen and oxygen atoms in total. The van der Waals surface area contributed by atoms with Crippen LogP contribution in [0.1, 0.15) is 47.4 Å². The second-order valence-corrected chi connectivity index (χ2v) is 7.61. The largest absolute Gasteiger partial charge is 0.387 e. The van der Waals surface area contributed by atoms with Gasteiger partial charge in [0.2, 0.25) is 0 Å². The molecule has 4 rings (SSSR count). The van der Waals surface area contributed by atoms with Gasteiger partial charge in [-0.1, -0.05) is 35.9 Å². The number of nitrogens with zero attached hydrogens (tertiary/aromatic N) is 2. The van der Waals surface area contributed by atoms with Crippen molar-refractivity contribution < 1.29 is 5.11 Å². The number of benzene rings is 2. The highest BCUT2D eigenvalue weighted by molar-refractivity contribution is 5.74. The number of imidazole rings is 1. The molecule has 1 saturated heterocycles. The highest BCUT2D eigenvalue weighted by Crippen LogP contribution is 2.28. The van der Waals surface area contributed by atoms with Crippen molar-refractivity contribution in [1.29, 1.82) is 0 Å². The minimum atomic E-state index is -0.440. The first kappa shape index (κ1) is 17.3. The van der Waals surface area contributed by atoms with E-state index in [2.05, 4.69) is 54.1 Å². The van der Waals surface area contributed by atoms with E-state index in [9.17, 15) is 5.11 Å². The van der Waals surface area contributed by atoms with Crippen molar-refractivity contribution in [3.8, 4) is 0 Å². The summed E-state index contributed by atoms with van der Waals surface area (Å²) in [6.45, 7) is 6.82. The first-order chi connectivity index (χ1) is 12.6. The Bertz CT molecular complexity index is 868. The number of aliphatic hydroxyl groups excluding tert-OH is 1. The van der Waals surface area contributed by atoms with Crippen LogP contribution in [0.2, 0.25) is 0 Å². The Balaban J connectivity index is 1.47. The Kier molecular flexibility index (Phi) is 4.79. The Morgan fingerprint density at radius 3 is 2.92 bits per heavy atom. The third-order valence-electron chi connectivity index (χ3n) is 5.52. The lowest BCUT2D eigenvalue weighted by atomic mass is 9.95. The number of likely N-dealkylation sites (tertiary alicyclic amines) is 1. The Hall–Kier alpha value is -2.17. The molecule has 2 atom stereocenters. The second-order valence-electron chi connectivity index (χ2n) is 7.61. The van der Waals surface area contributed by atoms with Crippen LogP contribution in [-0.2, 0) is 0 Å². The summed E-state index contributed by atoms with van der Waals surface area (Å²) in [6, 6.07) is 14.5. The van der Waals surface area contributed by atoms with Crippen LogP contribution in [0.4, 0.5) is 0 Å². The number of hydrogen-bond donors (Lipinski definition) is 2. The summed E-state index contributed by atoms with van der Waals surface area (Å²) in [5, 5.41) is 10.8. The van der Waals surface area contributed by atoms with Crippen LogP contribution >= 0.6 is 0 Å². The van der Waals surface area contributed by atoms with Crippen LogP contribution in [0.15, 0.2) is 42.5 Å². The normalized spacial score (nSPS) is 19.7. The highest BCUT2D eigenvalue weighted by Gasteiger charge is 2.25. The van der Waals surface area contributed by atoms with Gasteiger partial charge in [-0.15, -0.1) is 0 Å². The molecule has 4 heteroatoms. The predicted octanol–water partition coefficient (Wildman–Crippen LogP) is 4.09. The van der Waals surface area contributed by atoms with Crippen molar-refractivity contribution in [1.82, 2.24) is 14.9 Å². The van der Waals surface area contributed by atoms with E-state index >= 15 is 0 Å². The van der Waals surface area contributed by atoms with Crippen LogP contribution in [0, 0.1) is 13.8 Å². The van der Waals surface area contributed by atoms with Gasteiger partial charge < -0.3 is 10.1 Å². The topological polar surface area (TPSA) is 52.1 Å². The molecule has 1 aromatic heterocycles. The Morgan fingerprint density at radius 1 is 1.23 bits per heavy atom. The molecule has 0 amide bonds. The lowest BCUT2D eigenvalue weighted by Crippen LogP contribution is -2.37. The molecule has 1 aliphatic heterocycles. The SMILES string of the molecule is Cc1ccc(C)c([C@H](O)CN2CCC[C@H](c3nc4ccccc4[nH]3)C2)c1. The number of H-pyrrole nitrogens is 1. The van der Waals surface area contributed by atoms with Crippen molar-refractivity contribution in [3.63, 3.8) is 0 Å². The summed E-state index contributed by atoms with van der Waals surface area (Å²) in [5.41, 5.74) is 5.55. The average Bonchev–Trinajstić information content (AvgIpc) is 3.08. The molecule has 0 saturated carbocycles. The number of piperidine rings is 1. The summed E-state index contributed by atoms with van der Waals surface area (Å²) < 4.78 is 0. The zero-order valence-corrected chi connectivity index (χ0v) is 15.6. The summed E-state index contributed by atoms with van der Waals surface area (Å²) >= 11 is 0. The smallest absolute Gasteiger partial charge is 0.111 e. The maximum atomic E-state index is 10.8. The number of para-hydroxylation sites is 2. The third kappa shape index (κ3) is 3.53. The summed E-state index contributed by atoms with van der Waals surface area (Å²) in [4.78, 5) is 10.7. The van der Waals surface area contributed by atoms with Crippen LogP contribution in [0.25, 0.3) is 11.0 Å². The summed E-state index contributed by atoms with van der Waals surface area (Å²) in [7, 11) is 0. The molecule has 2 aromatic carbocycles. The molecule has 0 aliphatic carbocycles. The number of nitrogens with one attached hydrogen (secondary N) is 1. The molecule has 1 fully saturated rings. The molecular formula is C22H27N3O. The second kappa shape index (κ2) is 7.22. The minimum Gasteiger partial charge on any atom is -0.387 e. The van der Waals surface area contributed by atoms with E-state index in [1.54, 1.807) is 0 Å². The van der Waals surface area contributed by atoms with E-state index in [0.29, 0.717) is 12.5 Å². The van der Waals surface area contributed by atoms with Crippen LogP contribution < -0.4 is 0 Å². The van der Waals surface area contributed by atoms with E-state index in [-0.39, 0.29) is 0 Å². The van der Waals surface area contributed by atoms with Gasteiger partial charge >= 0.3 is 0 Å². The Labute approximate surface area is 154 Å². The quantitative estimate of drug-likeness (QED) is 0.746. The van der Waals surface area contributed by atoms with E-state index in [1.165, 1.54) is 5.56 Å². The zero-order chi connectivity index (χ0) is 18.1. The van der Waals surface area contributed by atoms with Crippen LogP contribution in [0.5, 0.6) is 0 Å². The van der Waals surface area contributed by atoms with Gasteiger partial charge in [0.1, 0.15) is 5.82 Å². The molecule has 0 spiro atoms. The van der Waals surface area contributed by atoms with Crippen LogP contribution in [-0.4, -0.2) is 39.6 Å². The number of aliphatic hydroxyl groups is 1. The molecule has 0 bridgehead atoms. The van der Waals surface area contributed by atoms with Gasteiger partial charge in [0, 0.05) is 19.0 Å². The van der Waals surface area contributed by atoms with E-state index in [4.69, 9.17) is 4.98 Å². The number of aromatic amines is 1. The molecule has 2 N–H and O–H groups in total. The monoisotopic (exact) mass is 349 g/mol. The van der Waals surface area contributed by atoms with Gasteiger partial charge in [-0.25, -0.2) is 4.98 Å². The molecule has 2 heterocycles. The van der Waals surface area contributed by atoms with Gasteiger partial charge in [0.25, 0.3) is 0 Å². The molecule has 1 aliphatic rings. The van der Waals surface area contributed by atoms with E-state index in [1.807, 2.05) is 12.1 Å². The van der Waals surface area contributed by atoms with Gasteiger partial charge in [-0.2, -0.15) is 0 Å². The summed E-state index contributed by atoms with van der Waals surface area (Å²) in [6.07, 6.45) is 1.85. The van der Waals surface area contributed by atoms with Gasteiger partial charge in [-0.3, -0.25) is 4.90 Å². The lowest BCUT2D eigenvalue weighted by Gasteiger charge is -2.33. The fourth-order valence-electron chi connectivity index (χ4n) is 4.07. The number of rotatable bonds is 4. The van der Waals surface area contributed by atoms with Gasteiger partial charge in [-0.05, 0) is 56.5 Å². The van der Waals surface area contributed by atoms with Gasteiger partial charge in [0.15, 0.2) is 0 Å². The van der Waals surface area contributed by atoms with Crippen molar-refractivity contribution in [2.75, 3.05) is 19.6 Å². The standard InChI is InChI=1S/C22H27N3O/c1-15-9-10-16(2)18(12-15)21(26)14-25-11-5-6-17(13-25)22-23-19-7-3-4-8-20(19)24-22/h3-4,7-10,12,17,21,26H,5-6,11,13-14H2,1-2H3,(H,23,24)/t17-,21+/m0/s1. The third-order valence-corrected chi connectivity index (χ3v) is 5.52. The first-order valence-electron chi connectivity index (χ1n) is 9.52. The molecule has 3 aromatic rings. The average molecular weight is 349 g/mol. The molecule has 0 radical (unpaired) electrons. The van der Waals surface area contributed by atoms with E-state index < -0.39 is 6.10 Å². The minimum absolute atomic E-state index is 0.405. The number of β-amino-alcohol motifs (C(OH)–C–C–N with tert-alkyl or cyclic N) is 1. The molecule has 26 heavy (non-hydrogen) atoms. The number of hydrogen-bond acceptors (Lipinski definition) is 3. The fraction of sp³-hybridized carbons (Fsp3) is 0.409. The highest BCUT2D eigenvalue weighted by atomic mass is 16.3. The van der Waals surface area contributed by atoms with Crippen LogP contribution in [0.3, 0.4) is 0 Å². The maximum Gasteiger partial charge on any atom is 0.111 e. The Morgan fingerprint density at radius 2 is 2.08 bits per heavy atom. The van der Waals surface area contributed by atoms with Crippen molar-refractivity contribution in [2.24, 2.45) is 0 Å². The zero-order valence-electron chi connectivity index (χ0n) is 15.6. The maximum absolute atomic E-state index is 10.8. The number of aryl methyl sites for hydroxylation is 2. The molecule has 136 valence electrons. The first-order valence-corrected chi connectivity index (χ1v) is 9.52. The van der Waals surface area contributed by atoms with Gasteiger partial charge in [0.05, 0.1) is 17.1 Å². The lowest BCUT2D eigenvalue weighted by molar-refractivity contribution is 0.0942. The van der Waals surface area contributed by atoms with Crippen molar-refractivity contribution in [2.45, 2.75) is 38.7 Å². The molecule has 0 unspecified atom stereocenters. The fourth-order valence-corrected chi connectivity index (χ4v) is 4.07.